The van der Waals surface area contributed by atoms with Crippen molar-refractivity contribution in [3.05, 3.63) is 29.8 Å². The molecule has 0 atom stereocenters. The van der Waals surface area contributed by atoms with Crippen LogP contribution in [0.2, 0.25) is 0 Å². The predicted molar refractivity (Wildman–Crippen MR) is 104 cm³/mol. The number of aryl methyl sites for hydroxylation is 1. The number of nitrogens with one attached hydrogen (secondary N) is 2. The lowest BCUT2D eigenvalue weighted by Crippen LogP contribution is -2.30. The zero-order valence-corrected chi connectivity index (χ0v) is 15.8. The topological polar surface area (TPSA) is 41.1 Å². The molecule has 136 valence electrons. The van der Waals surface area contributed by atoms with Crippen molar-refractivity contribution in [3.63, 3.8) is 0 Å². The van der Waals surface area contributed by atoms with Crippen molar-refractivity contribution >= 4 is 23.2 Å². The number of carbonyl (C=O) groups excluding carboxylic acids is 1. The van der Waals surface area contributed by atoms with Crippen LogP contribution in [-0.2, 0) is 11.2 Å². The fourth-order valence-electron chi connectivity index (χ4n) is 2.75. The molecular formula is C20H33ClN2O. The molecule has 0 saturated carbocycles. The Hall–Kier alpha value is -1.22. The Morgan fingerprint density at radius 2 is 1.42 bits per heavy atom. The number of rotatable bonds is 14. The summed E-state index contributed by atoms with van der Waals surface area (Å²) >= 11 is 5.42. The van der Waals surface area contributed by atoms with Crippen molar-refractivity contribution in [3.8, 4) is 0 Å². The van der Waals surface area contributed by atoms with Crippen LogP contribution in [0.3, 0.4) is 0 Å². The van der Waals surface area contributed by atoms with Gasteiger partial charge < -0.3 is 0 Å². The maximum atomic E-state index is 11.1. The van der Waals surface area contributed by atoms with Gasteiger partial charge in [-0.2, -0.15) is 0 Å². The lowest BCUT2D eigenvalue weighted by Gasteiger charge is -2.08. The molecule has 1 aromatic carbocycles. The van der Waals surface area contributed by atoms with E-state index in [-0.39, 0.29) is 11.8 Å². The van der Waals surface area contributed by atoms with E-state index in [2.05, 4.69) is 29.9 Å². The number of anilines is 1. The molecule has 0 aliphatic carbocycles. The van der Waals surface area contributed by atoms with E-state index < -0.39 is 0 Å². The Balaban J connectivity index is 2.02. The molecule has 24 heavy (non-hydrogen) atoms. The Morgan fingerprint density at radius 1 is 0.875 bits per heavy atom. The van der Waals surface area contributed by atoms with Gasteiger partial charge in [0.05, 0.1) is 5.69 Å². The first-order valence-electron chi connectivity index (χ1n) is 9.46. The summed E-state index contributed by atoms with van der Waals surface area (Å²) in [6, 6.07) is 8.20. The van der Waals surface area contributed by atoms with Crippen LogP contribution in [0.4, 0.5) is 5.69 Å². The molecule has 4 heteroatoms. The van der Waals surface area contributed by atoms with Crippen molar-refractivity contribution in [2.75, 3.05) is 11.3 Å². The zero-order valence-electron chi connectivity index (χ0n) is 15.1. The lowest BCUT2D eigenvalue weighted by atomic mass is 10.0. The molecule has 0 spiro atoms. The summed E-state index contributed by atoms with van der Waals surface area (Å²) in [5.41, 5.74) is 7.61. The number of amides is 1. The molecule has 0 aromatic heterocycles. The maximum Gasteiger partial charge on any atom is 0.253 e. The monoisotopic (exact) mass is 352 g/mol. The van der Waals surface area contributed by atoms with Gasteiger partial charge in [0.2, 0.25) is 0 Å². The Morgan fingerprint density at radius 3 is 1.96 bits per heavy atom. The maximum absolute atomic E-state index is 11.1. The third-order valence-electron chi connectivity index (χ3n) is 4.24. The number of halogens is 1. The number of hydrogen-bond donors (Lipinski definition) is 2. The van der Waals surface area contributed by atoms with Crippen LogP contribution in [0.25, 0.3) is 0 Å². The molecule has 3 nitrogen and oxygen atoms in total. The van der Waals surface area contributed by atoms with E-state index in [0.29, 0.717) is 0 Å². The van der Waals surface area contributed by atoms with Gasteiger partial charge in [0.1, 0.15) is 5.88 Å². The summed E-state index contributed by atoms with van der Waals surface area (Å²) in [5, 5.41) is 0. The second-order valence-corrected chi connectivity index (χ2v) is 6.70. The van der Waals surface area contributed by atoms with Gasteiger partial charge >= 0.3 is 0 Å². The molecule has 2 N–H and O–H groups in total. The third kappa shape index (κ3) is 10.5. The van der Waals surface area contributed by atoms with E-state index in [4.69, 9.17) is 11.6 Å². The van der Waals surface area contributed by atoms with E-state index >= 15 is 0 Å². The Labute approximate surface area is 152 Å². The summed E-state index contributed by atoms with van der Waals surface area (Å²) in [7, 11) is 0. The van der Waals surface area contributed by atoms with Crippen molar-refractivity contribution in [2.45, 2.75) is 77.6 Å². The van der Waals surface area contributed by atoms with Crippen LogP contribution in [0, 0.1) is 0 Å². The van der Waals surface area contributed by atoms with Crippen LogP contribution in [-0.4, -0.2) is 11.8 Å². The molecule has 0 bridgehead atoms. The first-order valence-corrected chi connectivity index (χ1v) is 9.99. The summed E-state index contributed by atoms with van der Waals surface area (Å²) in [6.45, 7) is 2.27. The van der Waals surface area contributed by atoms with Crippen molar-refractivity contribution < 1.29 is 4.79 Å². The van der Waals surface area contributed by atoms with E-state index in [9.17, 15) is 4.79 Å². The summed E-state index contributed by atoms with van der Waals surface area (Å²) in [5.74, 6) is -0.268. The van der Waals surface area contributed by atoms with E-state index in [1.54, 1.807) is 0 Å². The van der Waals surface area contributed by atoms with E-state index in [1.165, 1.54) is 69.8 Å². The fraction of sp³-hybridized carbons (Fsp3) is 0.650. The summed E-state index contributed by atoms with van der Waals surface area (Å²) in [6.07, 6.45) is 14.8. The van der Waals surface area contributed by atoms with Crippen molar-refractivity contribution in [2.24, 2.45) is 0 Å². The first-order chi connectivity index (χ1) is 11.8. The average molecular weight is 353 g/mol. The molecule has 1 amide bonds. The predicted octanol–water partition coefficient (Wildman–Crippen LogP) is 5.83. The van der Waals surface area contributed by atoms with E-state index in [1.807, 2.05) is 12.1 Å². The van der Waals surface area contributed by atoms with Crippen LogP contribution < -0.4 is 10.9 Å². The molecular weight excluding hydrogens is 320 g/mol. The van der Waals surface area contributed by atoms with Gasteiger partial charge in [-0.25, -0.2) is 0 Å². The van der Waals surface area contributed by atoms with Gasteiger partial charge in [-0.1, -0.05) is 76.8 Å². The lowest BCUT2D eigenvalue weighted by molar-refractivity contribution is -0.118. The molecule has 0 heterocycles. The Bertz CT molecular complexity index is 434. The van der Waals surface area contributed by atoms with Gasteiger partial charge in [-0.15, -0.1) is 11.6 Å². The van der Waals surface area contributed by atoms with Gasteiger partial charge in [-0.3, -0.25) is 15.6 Å². The highest BCUT2D eigenvalue weighted by Gasteiger charge is 1.99. The molecule has 0 fully saturated rings. The standard InChI is InChI=1S/C20H33ClN2O/c1-2-3-4-5-6-7-8-9-10-11-12-18-13-15-19(16-14-18)22-23-20(24)17-21/h13-16,22H,2-12,17H2,1H3,(H,23,24). The average Bonchev–Trinajstić information content (AvgIpc) is 2.62. The Kier molecular flexibility index (Phi) is 12.3. The van der Waals surface area contributed by atoms with Crippen LogP contribution in [0.15, 0.2) is 24.3 Å². The normalized spacial score (nSPS) is 10.6. The minimum Gasteiger partial charge on any atom is -0.299 e. The van der Waals surface area contributed by atoms with Gasteiger partial charge in [-0.05, 0) is 30.5 Å². The largest absolute Gasteiger partial charge is 0.299 e. The van der Waals surface area contributed by atoms with Gasteiger partial charge in [0.15, 0.2) is 0 Å². The molecule has 0 unspecified atom stereocenters. The van der Waals surface area contributed by atoms with Crippen LogP contribution >= 0.6 is 11.6 Å². The SMILES string of the molecule is CCCCCCCCCCCCc1ccc(NNC(=O)CCl)cc1. The summed E-state index contributed by atoms with van der Waals surface area (Å²) in [4.78, 5) is 11.1. The van der Waals surface area contributed by atoms with Crippen LogP contribution in [0.1, 0.15) is 76.7 Å². The second kappa shape index (κ2) is 14.2. The van der Waals surface area contributed by atoms with E-state index in [0.717, 1.165) is 12.1 Å². The van der Waals surface area contributed by atoms with Gasteiger partial charge in [0.25, 0.3) is 5.91 Å². The number of unbranched alkanes of at least 4 members (excludes halogenated alkanes) is 9. The van der Waals surface area contributed by atoms with Crippen LogP contribution in [0.5, 0.6) is 0 Å². The number of benzene rings is 1. The van der Waals surface area contributed by atoms with Crippen molar-refractivity contribution in [1.29, 1.82) is 0 Å². The quantitative estimate of drug-likeness (QED) is 0.251. The number of alkyl halides is 1. The molecule has 1 aromatic rings. The summed E-state index contributed by atoms with van der Waals surface area (Å²) < 4.78 is 0. The number of carbonyl (C=O) groups is 1. The molecule has 0 aliphatic rings. The molecule has 0 saturated heterocycles. The highest BCUT2D eigenvalue weighted by atomic mass is 35.5. The molecule has 0 radical (unpaired) electrons. The highest BCUT2D eigenvalue weighted by Crippen LogP contribution is 2.14. The number of hydrogen-bond acceptors (Lipinski definition) is 2. The minimum atomic E-state index is -0.230. The molecule has 0 aliphatic heterocycles. The first kappa shape index (κ1) is 20.8. The van der Waals surface area contributed by atoms with Crippen molar-refractivity contribution in [1.82, 2.24) is 5.43 Å². The van der Waals surface area contributed by atoms with Gasteiger partial charge in [0, 0.05) is 0 Å². The fourth-order valence-corrected chi connectivity index (χ4v) is 2.81. The number of hydrazine groups is 1. The minimum absolute atomic E-state index is 0.0379. The zero-order chi connectivity index (χ0) is 17.5. The molecule has 1 rings (SSSR count). The second-order valence-electron chi connectivity index (χ2n) is 6.44. The highest BCUT2D eigenvalue weighted by molar-refractivity contribution is 6.27. The third-order valence-corrected chi connectivity index (χ3v) is 4.48. The smallest absolute Gasteiger partial charge is 0.253 e.